The van der Waals surface area contributed by atoms with Gasteiger partial charge in [0.15, 0.2) is 17.6 Å². The molecular weight excluding hydrogens is 410 g/mol. The third-order valence-corrected chi connectivity index (χ3v) is 6.44. The zero-order valence-electron chi connectivity index (χ0n) is 17.9. The molecule has 2 aromatic carbocycles. The number of rotatable bonds is 5. The Morgan fingerprint density at radius 2 is 1.91 bits per heavy atom. The van der Waals surface area contributed by atoms with Gasteiger partial charge in [-0.1, -0.05) is 36.4 Å². The molecule has 1 saturated heterocycles. The number of imide groups is 1. The summed E-state index contributed by atoms with van der Waals surface area (Å²) in [5.41, 5.74) is 0.820. The normalized spacial score (nSPS) is 23.3. The zero-order chi connectivity index (χ0) is 22.3. The topological polar surface area (TPSA) is 88.2 Å². The number of hydrogen-bond donors (Lipinski definition) is 1. The van der Waals surface area contributed by atoms with Crippen LogP contribution in [0.3, 0.4) is 0 Å². The van der Waals surface area contributed by atoms with Gasteiger partial charge in [-0.25, -0.2) is 4.79 Å². The van der Waals surface area contributed by atoms with Gasteiger partial charge < -0.3 is 19.7 Å². The maximum Gasteiger partial charge on any atom is 0.325 e. The van der Waals surface area contributed by atoms with E-state index >= 15 is 0 Å². The molecule has 8 heteroatoms. The fourth-order valence-corrected chi connectivity index (χ4v) is 4.77. The minimum absolute atomic E-state index is 0.299. The minimum Gasteiger partial charge on any atom is -0.486 e. The van der Waals surface area contributed by atoms with Gasteiger partial charge in [-0.2, -0.15) is 0 Å². The molecule has 32 heavy (non-hydrogen) atoms. The molecule has 2 atom stereocenters. The summed E-state index contributed by atoms with van der Waals surface area (Å²) < 4.78 is 11.7. The zero-order valence-corrected chi connectivity index (χ0v) is 17.9. The highest BCUT2D eigenvalue weighted by Gasteiger charge is 2.55. The smallest absolute Gasteiger partial charge is 0.325 e. The van der Waals surface area contributed by atoms with Crippen molar-refractivity contribution in [3.05, 3.63) is 59.7 Å². The number of aryl methyl sites for hydroxylation is 1. The number of amides is 4. The summed E-state index contributed by atoms with van der Waals surface area (Å²) in [5, 5.41) is 2.86. The fourth-order valence-electron chi connectivity index (χ4n) is 4.77. The first-order valence-electron chi connectivity index (χ1n) is 10.9. The average molecular weight is 435 g/mol. The molecule has 1 N–H and O–H groups in total. The summed E-state index contributed by atoms with van der Waals surface area (Å²) >= 11 is 0. The van der Waals surface area contributed by atoms with Gasteiger partial charge in [0.05, 0.1) is 6.54 Å². The van der Waals surface area contributed by atoms with Crippen LogP contribution in [-0.2, 0) is 21.5 Å². The number of hydrogen-bond acceptors (Lipinski definition) is 5. The molecular formula is C24H25N3O5. The number of ether oxygens (including phenoxy) is 2. The van der Waals surface area contributed by atoms with E-state index in [0.717, 1.165) is 16.0 Å². The number of urea groups is 1. The van der Waals surface area contributed by atoms with E-state index in [1.54, 1.807) is 4.90 Å². The summed E-state index contributed by atoms with van der Waals surface area (Å²) in [5.74, 6) is 0.660. The van der Waals surface area contributed by atoms with Gasteiger partial charge in [0, 0.05) is 6.54 Å². The Bertz CT molecular complexity index is 1090. The first-order chi connectivity index (χ1) is 15.5. The largest absolute Gasteiger partial charge is 0.486 e. The molecule has 0 bridgehead atoms. The third-order valence-electron chi connectivity index (χ3n) is 6.44. The Hall–Kier alpha value is -3.55. The lowest BCUT2D eigenvalue weighted by atomic mass is 9.92. The summed E-state index contributed by atoms with van der Waals surface area (Å²) in [6, 6.07) is 14.5. The Morgan fingerprint density at radius 3 is 2.72 bits per heavy atom. The van der Waals surface area contributed by atoms with Crippen molar-refractivity contribution in [1.29, 1.82) is 0 Å². The second kappa shape index (κ2) is 7.85. The van der Waals surface area contributed by atoms with Crippen molar-refractivity contribution in [2.75, 3.05) is 26.2 Å². The van der Waals surface area contributed by atoms with Crippen LogP contribution in [0.2, 0.25) is 0 Å². The van der Waals surface area contributed by atoms with Crippen LogP contribution in [0.4, 0.5) is 4.79 Å². The van der Waals surface area contributed by atoms with Crippen molar-refractivity contribution in [3.8, 4) is 11.5 Å². The van der Waals surface area contributed by atoms with Crippen LogP contribution in [0.15, 0.2) is 48.5 Å². The van der Waals surface area contributed by atoms with Crippen molar-refractivity contribution in [1.82, 2.24) is 15.1 Å². The molecule has 3 aliphatic rings. The molecule has 1 aliphatic carbocycles. The molecule has 1 spiro atoms. The molecule has 8 nitrogen and oxygen atoms in total. The summed E-state index contributed by atoms with van der Waals surface area (Å²) in [7, 11) is 0. The van der Waals surface area contributed by atoms with Gasteiger partial charge in [0.2, 0.25) is 5.91 Å². The van der Waals surface area contributed by atoms with Gasteiger partial charge in [-0.15, -0.1) is 0 Å². The van der Waals surface area contributed by atoms with Crippen LogP contribution < -0.4 is 14.8 Å². The summed E-state index contributed by atoms with van der Waals surface area (Å²) in [6.45, 7) is 2.62. The molecule has 166 valence electrons. The second-order valence-corrected chi connectivity index (χ2v) is 8.31. The fraction of sp³-hybridized carbons (Fsp3) is 0.375. The van der Waals surface area contributed by atoms with Crippen LogP contribution in [-0.4, -0.2) is 60.0 Å². The first kappa shape index (κ1) is 20.4. The highest BCUT2D eigenvalue weighted by Crippen LogP contribution is 2.41. The van der Waals surface area contributed by atoms with E-state index < -0.39 is 11.6 Å². The lowest BCUT2D eigenvalue weighted by Crippen LogP contribution is -2.48. The van der Waals surface area contributed by atoms with Crippen molar-refractivity contribution in [2.45, 2.75) is 31.4 Å². The Morgan fingerprint density at radius 1 is 1.16 bits per heavy atom. The molecule has 2 aromatic rings. The second-order valence-electron chi connectivity index (χ2n) is 8.31. The van der Waals surface area contributed by atoms with E-state index in [-0.39, 0.29) is 24.5 Å². The van der Waals surface area contributed by atoms with E-state index in [1.807, 2.05) is 55.5 Å². The molecule has 5 rings (SSSR count). The van der Waals surface area contributed by atoms with Crippen molar-refractivity contribution < 1.29 is 23.9 Å². The van der Waals surface area contributed by atoms with Crippen LogP contribution in [0.1, 0.15) is 24.5 Å². The van der Waals surface area contributed by atoms with E-state index in [9.17, 15) is 14.4 Å². The van der Waals surface area contributed by atoms with E-state index in [4.69, 9.17) is 9.47 Å². The monoisotopic (exact) mass is 435 g/mol. The maximum atomic E-state index is 13.3. The SMILES string of the molecule is CCN(C[C@@H]1COc2ccccc2O1)C(=O)CN1C(=O)N[C@@]2(CCc3ccccc32)C1=O. The van der Waals surface area contributed by atoms with Crippen LogP contribution >= 0.6 is 0 Å². The maximum absolute atomic E-state index is 13.3. The highest BCUT2D eigenvalue weighted by molar-refractivity contribution is 6.09. The van der Waals surface area contributed by atoms with E-state index in [0.29, 0.717) is 44.0 Å². The highest BCUT2D eigenvalue weighted by atomic mass is 16.6. The standard InChI is InChI=1S/C24H25N3O5/c1-2-26(13-17-15-31-19-9-5-6-10-20(19)32-17)21(28)14-27-22(29)24(25-23(27)30)12-11-16-7-3-4-8-18(16)24/h3-10,17H,2,11-15H2,1H3,(H,25,30)/t17-,24-/m1/s1. The first-order valence-corrected chi connectivity index (χ1v) is 10.9. The van der Waals surface area contributed by atoms with Gasteiger partial charge in [0.25, 0.3) is 5.91 Å². The number of para-hydroxylation sites is 2. The van der Waals surface area contributed by atoms with Crippen molar-refractivity contribution in [3.63, 3.8) is 0 Å². The van der Waals surface area contributed by atoms with Crippen LogP contribution in [0, 0.1) is 0 Å². The number of likely N-dealkylation sites (N-methyl/N-ethyl adjacent to an activating group) is 1. The van der Waals surface area contributed by atoms with Gasteiger partial charge in [-0.05, 0) is 43.0 Å². The van der Waals surface area contributed by atoms with Crippen LogP contribution in [0.25, 0.3) is 0 Å². The Labute approximate surface area is 186 Å². The molecule has 0 saturated carbocycles. The summed E-state index contributed by atoms with van der Waals surface area (Å²) in [6.07, 6.45) is 0.891. The van der Waals surface area contributed by atoms with Crippen molar-refractivity contribution >= 4 is 17.8 Å². The molecule has 4 amide bonds. The number of carbonyl (C=O) groups excluding carboxylic acids is 3. The van der Waals surface area contributed by atoms with Crippen molar-refractivity contribution in [2.24, 2.45) is 0 Å². The predicted molar refractivity (Wildman–Crippen MR) is 115 cm³/mol. The average Bonchev–Trinajstić information content (AvgIpc) is 3.30. The third kappa shape index (κ3) is 3.26. The lowest BCUT2D eigenvalue weighted by Gasteiger charge is -2.31. The molecule has 0 radical (unpaired) electrons. The van der Waals surface area contributed by atoms with Crippen LogP contribution in [0.5, 0.6) is 11.5 Å². The number of benzene rings is 2. The number of carbonyl (C=O) groups is 3. The molecule has 1 fully saturated rings. The molecule has 2 heterocycles. The Balaban J connectivity index is 1.27. The predicted octanol–water partition coefficient (Wildman–Crippen LogP) is 2.07. The van der Waals surface area contributed by atoms with E-state index in [2.05, 4.69) is 5.32 Å². The van der Waals surface area contributed by atoms with E-state index in [1.165, 1.54) is 0 Å². The number of fused-ring (bicyclic) bond motifs is 3. The lowest BCUT2D eigenvalue weighted by molar-refractivity contribution is -0.139. The minimum atomic E-state index is -1.06. The molecule has 0 aromatic heterocycles. The van der Waals surface area contributed by atoms with Gasteiger partial charge in [0.1, 0.15) is 18.7 Å². The Kier molecular flexibility index (Phi) is 5.00. The van der Waals surface area contributed by atoms with Gasteiger partial charge >= 0.3 is 6.03 Å². The quantitative estimate of drug-likeness (QED) is 0.727. The number of nitrogens with one attached hydrogen (secondary N) is 1. The molecule has 2 aliphatic heterocycles. The van der Waals surface area contributed by atoms with Gasteiger partial charge in [-0.3, -0.25) is 14.5 Å². The summed E-state index contributed by atoms with van der Waals surface area (Å²) in [4.78, 5) is 41.7. The molecule has 0 unspecified atom stereocenters. The number of nitrogens with zero attached hydrogens (tertiary/aromatic N) is 2.